The fourth-order valence-corrected chi connectivity index (χ4v) is 5.43. The first-order valence-corrected chi connectivity index (χ1v) is 14.1. The zero-order chi connectivity index (χ0) is 28.5. The summed E-state index contributed by atoms with van der Waals surface area (Å²) >= 11 is 0. The van der Waals surface area contributed by atoms with Crippen LogP contribution in [0.15, 0.2) is 36.4 Å². The number of aromatic hydroxyl groups is 1. The number of aromatic nitrogens is 2. The second kappa shape index (κ2) is 11.0. The standard InChI is InChI=1S/C32H45N5O2/c1-31(2,3)24-17-20(18-25(28(24)39)32(4,5)6)19-27(38)33-21-13-15-22(16-14-21)34-30-35-26-12-10-9-11-23(26)29(36-30)37(7)8/h9-12,17-18,21-22,39H,13-16,19H2,1-8H3,(H,33,38)(H,34,35,36)/t21-,22+. The number of nitrogens with one attached hydrogen (secondary N) is 2. The van der Waals surface area contributed by atoms with Crippen LogP contribution in [0, 0.1) is 0 Å². The Balaban J connectivity index is 1.38. The summed E-state index contributed by atoms with van der Waals surface area (Å²) in [4.78, 5) is 24.6. The highest BCUT2D eigenvalue weighted by Crippen LogP contribution is 2.40. The first kappa shape index (κ1) is 28.7. The molecule has 1 amide bonds. The van der Waals surface area contributed by atoms with Crippen molar-refractivity contribution in [3.63, 3.8) is 0 Å². The number of phenolic OH excluding ortho intramolecular Hbond substituents is 1. The third-order valence-corrected chi connectivity index (χ3v) is 7.58. The summed E-state index contributed by atoms with van der Waals surface area (Å²) in [7, 11) is 4.00. The molecule has 2 aromatic carbocycles. The maximum atomic E-state index is 13.1. The summed E-state index contributed by atoms with van der Waals surface area (Å²) in [5.74, 6) is 1.94. The fourth-order valence-electron chi connectivity index (χ4n) is 5.43. The van der Waals surface area contributed by atoms with Crippen molar-refractivity contribution in [3.8, 4) is 5.75 Å². The maximum absolute atomic E-state index is 13.1. The van der Waals surface area contributed by atoms with Gasteiger partial charge in [-0.15, -0.1) is 0 Å². The number of amides is 1. The molecule has 0 bridgehead atoms. The Morgan fingerprint density at radius 3 is 2.05 bits per heavy atom. The Kier molecular flexibility index (Phi) is 8.10. The highest BCUT2D eigenvalue weighted by atomic mass is 16.3. The number of phenols is 1. The van der Waals surface area contributed by atoms with Gasteiger partial charge in [0.1, 0.15) is 11.6 Å². The van der Waals surface area contributed by atoms with E-state index in [1.807, 2.05) is 55.4 Å². The zero-order valence-corrected chi connectivity index (χ0v) is 24.9. The largest absolute Gasteiger partial charge is 0.507 e. The molecule has 3 N–H and O–H groups in total. The van der Waals surface area contributed by atoms with Crippen LogP contribution in [0.3, 0.4) is 0 Å². The predicted molar refractivity (Wildman–Crippen MR) is 161 cm³/mol. The lowest BCUT2D eigenvalue weighted by Crippen LogP contribution is -2.41. The first-order chi connectivity index (χ1) is 18.2. The van der Waals surface area contributed by atoms with E-state index >= 15 is 0 Å². The molecule has 1 aromatic heterocycles. The topological polar surface area (TPSA) is 90.4 Å². The average Bonchev–Trinajstić information content (AvgIpc) is 2.84. The van der Waals surface area contributed by atoms with Crippen LogP contribution in [0.2, 0.25) is 0 Å². The minimum absolute atomic E-state index is 0.0327. The highest BCUT2D eigenvalue weighted by molar-refractivity contribution is 5.90. The number of anilines is 2. The van der Waals surface area contributed by atoms with Crippen molar-refractivity contribution < 1.29 is 9.90 Å². The second-order valence-corrected chi connectivity index (χ2v) is 13.3. The SMILES string of the molecule is CN(C)c1nc(N[C@H]2CC[C@@H](NC(=O)Cc3cc(C(C)(C)C)c(O)c(C(C)(C)C)c3)CC2)nc2ccccc12. The van der Waals surface area contributed by atoms with Crippen LogP contribution in [0.1, 0.15) is 83.9 Å². The van der Waals surface area contributed by atoms with E-state index in [4.69, 9.17) is 9.97 Å². The average molecular weight is 532 g/mol. The molecule has 1 saturated carbocycles. The Labute approximate surface area is 233 Å². The van der Waals surface area contributed by atoms with Crippen molar-refractivity contribution in [1.29, 1.82) is 0 Å². The number of carbonyl (C=O) groups excluding carboxylic acids is 1. The maximum Gasteiger partial charge on any atom is 0.225 e. The molecular weight excluding hydrogens is 486 g/mol. The van der Waals surface area contributed by atoms with E-state index in [2.05, 4.69) is 52.2 Å². The molecule has 0 saturated heterocycles. The summed E-state index contributed by atoms with van der Waals surface area (Å²) in [5.41, 5.74) is 3.21. The van der Waals surface area contributed by atoms with Gasteiger partial charge in [0.05, 0.1) is 11.9 Å². The van der Waals surface area contributed by atoms with Crippen molar-refractivity contribution in [1.82, 2.24) is 15.3 Å². The van der Waals surface area contributed by atoms with Crippen LogP contribution < -0.4 is 15.5 Å². The second-order valence-electron chi connectivity index (χ2n) is 13.3. The number of rotatable bonds is 6. The predicted octanol–water partition coefficient (Wildman–Crippen LogP) is 6.08. The molecule has 7 heteroatoms. The van der Waals surface area contributed by atoms with Crippen molar-refractivity contribution in [2.45, 2.75) is 96.6 Å². The van der Waals surface area contributed by atoms with E-state index in [-0.39, 0.29) is 28.8 Å². The van der Waals surface area contributed by atoms with Crippen LogP contribution in [0.25, 0.3) is 10.9 Å². The number of hydrogen-bond acceptors (Lipinski definition) is 6. The minimum Gasteiger partial charge on any atom is -0.507 e. The molecule has 0 radical (unpaired) electrons. The van der Waals surface area contributed by atoms with Crippen LogP contribution >= 0.6 is 0 Å². The van der Waals surface area contributed by atoms with Gasteiger partial charge in [-0.25, -0.2) is 4.98 Å². The third-order valence-electron chi connectivity index (χ3n) is 7.58. The number of nitrogens with zero attached hydrogens (tertiary/aromatic N) is 3. The molecule has 1 aliphatic rings. The monoisotopic (exact) mass is 531 g/mol. The molecule has 1 aliphatic carbocycles. The van der Waals surface area contributed by atoms with Crippen molar-refractivity contribution in [3.05, 3.63) is 53.1 Å². The van der Waals surface area contributed by atoms with E-state index in [1.54, 1.807) is 0 Å². The van der Waals surface area contributed by atoms with Gasteiger partial charge in [-0.05, 0) is 65.3 Å². The summed E-state index contributed by atoms with van der Waals surface area (Å²) in [6.45, 7) is 12.6. The number of carbonyl (C=O) groups is 1. The van der Waals surface area contributed by atoms with Crippen LogP contribution in [0.5, 0.6) is 5.75 Å². The molecule has 1 fully saturated rings. The Bertz CT molecular complexity index is 1290. The molecule has 0 unspecified atom stereocenters. The highest BCUT2D eigenvalue weighted by Gasteiger charge is 2.28. The van der Waals surface area contributed by atoms with Gasteiger partial charge in [0.2, 0.25) is 11.9 Å². The van der Waals surface area contributed by atoms with E-state index in [0.717, 1.165) is 59.1 Å². The summed E-state index contributed by atoms with van der Waals surface area (Å²) in [6, 6.07) is 12.5. The van der Waals surface area contributed by atoms with Crippen LogP contribution in [-0.2, 0) is 22.0 Å². The molecule has 4 rings (SSSR count). The lowest BCUT2D eigenvalue weighted by Gasteiger charge is -2.30. The van der Waals surface area contributed by atoms with Gasteiger partial charge >= 0.3 is 0 Å². The fraction of sp³-hybridized carbons (Fsp3) is 0.531. The minimum atomic E-state index is -0.218. The van der Waals surface area contributed by atoms with Gasteiger partial charge in [-0.2, -0.15) is 4.98 Å². The third kappa shape index (κ3) is 6.81. The van der Waals surface area contributed by atoms with Gasteiger partial charge in [-0.1, -0.05) is 65.8 Å². The van der Waals surface area contributed by atoms with Crippen molar-refractivity contribution in [2.24, 2.45) is 0 Å². The zero-order valence-electron chi connectivity index (χ0n) is 24.9. The quantitative estimate of drug-likeness (QED) is 0.357. The number of hydrogen-bond donors (Lipinski definition) is 3. The number of fused-ring (bicyclic) bond motifs is 1. The van der Waals surface area contributed by atoms with Gasteiger partial charge in [-0.3, -0.25) is 4.79 Å². The Morgan fingerprint density at radius 1 is 0.923 bits per heavy atom. The molecular formula is C32H45N5O2. The van der Waals surface area contributed by atoms with Gasteiger partial charge < -0.3 is 20.6 Å². The molecule has 7 nitrogen and oxygen atoms in total. The number of para-hydroxylation sites is 1. The molecule has 210 valence electrons. The van der Waals surface area contributed by atoms with E-state index in [0.29, 0.717) is 18.1 Å². The summed E-state index contributed by atoms with van der Waals surface area (Å²) in [6.07, 6.45) is 4.02. The lowest BCUT2D eigenvalue weighted by atomic mass is 9.78. The first-order valence-electron chi connectivity index (χ1n) is 14.1. The van der Waals surface area contributed by atoms with E-state index < -0.39 is 0 Å². The molecule has 1 heterocycles. The van der Waals surface area contributed by atoms with Gasteiger partial charge in [0.15, 0.2) is 0 Å². The lowest BCUT2D eigenvalue weighted by molar-refractivity contribution is -0.121. The summed E-state index contributed by atoms with van der Waals surface area (Å²) < 4.78 is 0. The molecule has 0 aliphatic heterocycles. The summed E-state index contributed by atoms with van der Waals surface area (Å²) in [5, 5.41) is 18.8. The molecule has 0 spiro atoms. The smallest absolute Gasteiger partial charge is 0.225 e. The molecule has 39 heavy (non-hydrogen) atoms. The van der Waals surface area contributed by atoms with Crippen molar-refractivity contribution >= 4 is 28.6 Å². The number of benzene rings is 2. The van der Waals surface area contributed by atoms with Crippen molar-refractivity contribution in [2.75, 3.05) is 24.3 Å². The van der Waals surface area contributed by atoms with Gasteiger partial charge in [0.25, 0.3) is 0 Å². The van der Waals surface area contributed by atoms with Crippen LogP contribution in [-0.4, -0.2) is 47.2 Å². The molecule has 3 aromatic rings. The van der Waals surface area contributed by atoms with E-state index in [1.165, 1.54) is 0 Å². The van der Waals surface area contributed by atoms with E-state index in [9.17, 15) is 9.90 Å². The molecule has 0 atom stereocenters. The Hall–Kier alpha value is -3.35. The van der Waals surface area contributed by atoms with Crippen LogP contribution in [0.4, 0.5) is 11.8 Å². The normalized spacial score (nSPS) is 18.2. The Morgan fingerprint density at radius 2 is 1.49 bits per heavy atom. The van der Waals surface area contributed by atoms with Gasteiger partial charge in [0, 0.05) is 31.6 Å².